The zero-order valence-corrected chi connectivity index (χ0v) is 18.0. The van der Waals surface area contributed by atoms with Crippen LogP contribution in [0.1, 0.15) is 25.2 Å². The molecule has 2 aromatic carbocycles. The zero-order valence-electron chi connectivity index (χ0n) is 16.3. The highest BCUT2D eigenvalue weighted by Crippen LogP contribution is 2.64. The fourth-order valence-electron chi connectivity index (χ4n) is 3.25. The zero-order chi connectivity index (χ0) is 19.8. The van der Waals surface area contributed by atoms with E-state index in [1.54, 1.807) is 7.11 Å². The quantitative estimate of drug-likeness (QED) is 0.525. The van der Waals surface area contributed by atoms with E-state index in [0.29, 0.717) is 13.2 Å². The van der Waals surface area contributed by atoms with Crippen LogP contribution in [0.5, 0.6) is 5.75 Å². The second-order valence-corrected chi connectivity index (χ2v) is 11.5. The molecule has 1 unspecified atom stereocenters. The molecular weight excluding hydrogens is 391 g/mol. The number of para-hydroxylation sites is 1. The Balaban J connectivity index is 1.73. The molecule has 0 bridgehead atoms. The van der Waals surface area contributed by atoms with Crippen molar-refractivity contribution in [3.63, 3.8) is 0 Å². The average molecular weight is 416 g/mol. The number of aromatic amines is 1. The number of rotatable bonds is 5. The summed E-state index contributed by atoms with van der Waals surface area (Å²) in [5.41, 5.74) is 3.04. The smallest absolute Gasteiger partial charge is 0.215 e. The van der Waals surface area contributed by atoms with Gasteiger partial charge in [0.1, 0.15) is 11.5 Å². The van der Waals surface area contributed by atoms with Gasteiger partial charge in [-0.15, -0.1) is 0 Å². The van der Waals surface area contributed by atoms with Crippen molar-refractivity contribution >= 4 is 34.9 Å². The van der Waals surface area contributed by atoms with Crippen molar-refractivity contribution in [1.29, 1.82) is 0 Å². The van der Waals surface area contributed by atoms with Gasteiger partial charge in [0.2, 0.25) is 6.49 Å². The van der Waals surface area contributed by atoms with Gasteiger partial charge in [-0.2, -0.15) is 0 Å². The van der Waals surface area contributed by atoms with Gasteiger partial charge >= 0.3 is 0 Å². The molecule has 2 heterocycles. The predicted molar refractivity (Wildman–Crippen MR) is 118 cm³/mol. The van der Waals surface area contributed by atoms with E-state index in [9.17, 15) is 0 Å². The molecule has 28 heavy (non-hydrogen) atoms. The molecule has 4 rings (SSSR count). The Bertz CT molecular complexity index is 1000. The van der Waals surface area contributed by atoms with E-state index in [1.807, 2.05) is 42.6 Å². The molecule has 5 nitrogen and oxygen atoms in total. The molecule has 148 valence electrons. The second kappa shape index (κ2) is 7.53. The monoisotopic (exact) mass is 416 g/mol. The largest absolute Gasteiger partial charge is 0.497 e. The van der Waals surface area contributed by atoms with Gasteiger partial charge in [-0.1, -0.05) is 32.0 Å². The Morgan fingerprint density at radius 2 is 1.79 bits per heavy atom. The molecule has 1 aliphatic heterocycles. The minimum absolute atomic E-state index is 0.0345. The van der Waals surface area contributed by atoms with Crippen LogP contribution in [0.2, 0.25) is 0 Å². The summed E-state index contributed by atoms with van der Waals surface area (Å²) in [4.78, 5) is 3.35. The molecule has 0 aliphatic carbocycles. The van der Waals surface area contributed by atoms with Crippen LogP contribution < -0.4 is 10.1 Å². The van der Waals surface area contributed by atoms with Crippen molar-refractivity contribution in [2.45, 2.75) is 19.6 Å². The lowest BCUT2D eigenvalue weighted by molar-refractivity contribution is 0.0579. The summed E-state index contributed by atoms with van der Waals surface area (Å²) in [5, 5.41) is 4.70. The normalized spacial score (nSPS) is 19.2. The Kier molecular flexibility index (Phi) is 5.23. The van der Waals surface area contributed by atoms with E-state index in [2.05, 4.69) is 36.3 Å². The third-order valence-corrected chi connectivity index (χ3v) is 8.18. The summed E-state index contributed by atoms with van der Waals surface area (Å²) >= 11 is 6.00. The molecule has 1 atom stereocenters. The first-order valence-electron chi connectivity index (χ1n) is 9.26. The number of hydrogen-bond donors (Lipinski definition) is 2. The number of ether oxygens (including phenoxy) is 1. The summed E-state index contributed by atoms with van der Waals surface area (Å²) in [7, 11) is 1.66. The van der Waals surface area contributed by atoms with Gasteiger partial charge in [0.15, 0.2) is 0 Å². The molecule has 0 radical (unpaired) electrons. The highest BCUT2D eigenvalue weighted by Gasteiger charge is 2.40. The van der Waals surface area contributed by atoms with Crippen molar-refractivity contribution in [3.8, 4) is 5.75 Å². The van der Waals surface area contributed by atoms with E-state index >= 15 is 0 Å². The maximum Gasteiger partial charge on any atom is 0.215 e. The third kappa shape index (κ3) is 3.83. The molecule has 1 aromatic heterocycles. The number of anilines is 1. The van der Waals surface area contributed by atoms with E-state index < -0.39 is 6.49 Å². The molecule has 0 amide bonds. The first-order chi connectivity index (χ1) is 13.4. The Hall–Kier alpha value is -1.85. The van der Waals surface area contributed by atoms with Crippen molar-refractivity contribution < 1.29 is 13.8 Å². The standard InChI is InChI=1S/C21H25N2O3PS/c1-21(2)13-25-27(28,26-14-21)20(23-15-8-10-16(24-3)11-9-15)18-12-22-19-7-5-4-6-17(18)19/h4-12,20,22-23H,13-14H2,1-3H3. The lowest BCUT2D eigenvalue weighted by Crippen LogP contribution is -2.31. The first-order valence-corrected chi connectivity index (χ1v) is 12.0. The van der Waals surface area contributed by atoms with Gasteiger partial charge in [-0.05, 0) is 42.1 Å². The molecular formula is C21H25N2O3PS. The summed E-state index contributed by atoms with van der Waals surface area (Å²) < 4.78 is 17.7. The molecule has 2 N–H and O–H groups in total. The molecule has 1 aliphatic rings. The minimum Gasteiger partial charge on any atom is -0.497 e. The van der Waals surface area contributed by atoms with Crippen LogP contribution in [-0.4, -0.2) is 25.3 Å². The summed E-state index contributed by atoms with van der Waals surface area (Å²) in [5.74, 6) is 0.548. The summed E-state index contributed by atoms with van der Waals surface area (Å²) in [6.45, 7) is 2.83. The van der Waals surface area contributed by atoms with Gasteiger partial charge < -0.3 is 24.1 Å². The number of nitrogens with one attached hydrogen (secondary N) is 2. The van der Waals surface area contributed by atoms with Gasteiger partial charge in [0.25, 0.3) is 0 Å². The number of H-pyrrole nitrogens is 1. The molecule has 1 saturated heterocycles. The van der Waals surface area contributed by atoms with Gasteiger partial charge in [-0.3, -0.25) is 0 Å². The first kappa shape index (κ1) is 19.5. The van der Waals surface area contributed by atoms with Crippen LogP contribution >= 0.6 is 6.49 Å². The highest BCUT2D eigenvalue weighted by atomic mass is 32.5. The van der Waals surface area contributed by atoms with Crippen LogP contribution in [-0.2, 0) is 20.9 Å². The molecule has 3 aromatic rings. The van der Waals surface area contributed by atoms with Crippen LogP contribution in [0.15, 0.2) is 54.7 Å². The second-order valence-electron chi connectivity index (χ2n) is 7.82. The number of fused-ring (bicyclic) bond motifs is 1. The average Bonchev–Trinajstić information content (AvgIpc) is 3.13. The lowest BCUT2D eigenvalue weighted by atomic mass is 9.97. The van der Waals surface area contributed by atoms with Crippen LogP contribution in [0.4, 0.5) is 5.69 Å². The Morgan fingerprint density at radius 3 is 2.46 bits per heavy atom. The Labute approximate surface area is 170 Å². The van der Waals surface area contributed by atoms with Gasteiger partial charge in [0, 0.05) is 33.8 Å². The van der Waals surface area contributed by atoms with E-state index in [4.69, 9.17) is 25.6 Å². The Morgan fingerprint density at radius 1 is 1.11 bits per heavy atom. The fourth-order valence-corrected chi connectivity index (χ4v) is 6.36. The highest BCUT2D eigenvalue weighted by molar-refractivity contribution is 8.10. The van der Waals surface area contributed by atoms with E-state index in [0.717, 1.165) is 27.9 Å². The third-order valence-electron chi connectivity index (χ3n) is 4.90. The summed E-state index contributed by atoms with van der Waals surface area (Å²) in [6, 6.07) is 16.0. The van der Waals surface area contributed by atoms with Crippen LogP contribution in [0, 0.1) is 5.41 Å². The number of hydrogen-bond acceptors (Lipinski definition) is 5. The number of methoxy groups -OCH3 is 1. The fraction of sp³-hybridized carbons (Fsp3) is 0.333. The van der Waals surface area contributed by atoms with Crippen molar-refractivity contribution in [1.82, 2.24) is 4.98 Å². The minimum atomic E-state index is -2.61. The SMILES string of the molecule is COc1ccc(NC(c2c[nH]c3ccccc23)P2(=S)OCC(C)(C)CO2)cc1. The molecule has 0 saturated carbocycles. The summed E-state index contributed by atoms with van der Waals surface area (Å²) in [6.07, 6.45) is 2.01. The maximum atomic E-state index is 6.24. The van der Waals surface area contributed by atoms with Crippen molar-refractivity contribution in [3.05, 3.63) is 60.3 Å². The molecule has 1 fully saturated rings. The van der Waals surface area contributed by atoms with Gasteiger partial charge in [0.05, 0.1) is 20.3 Å². The number of benzene rings is 2. The van der Waals surface area contributed by atoms with Crippen LogP contribution in [0.3, 0.4) is 0 Å². The number of aromatic nitrogens is 1. The van der Waals surface area contributed by atoms with Crippen molar-refractivity contribution in [2.75, 3.05) is 25.6 Å². The predicted octanol–water partition coefficient (Wildman–Crippen LogP) is 5.67. The van der Waals surface area contributed by atoms with E-state index in [1.165, 1.54) is 0 Å². The molecule has 7 heteroatoms. The molecule has 0 spiro atoms. The maximum absolute atomic E-state index is 6.24. The van der Waals surface area contributed by atoms with Crippen LogP contribution in [0.25, 0.3) is 10.9 Å². The lowest BCUT2D eigenvalue weighted by Gasteiger charge is -2.40. The van der Waals surface area contributed by atoms with Gasteiger partial charge in [-0.25, -0.2) is 0 Å². The van der Waals surface area contributed by atoms with E-state index in [-0.39, 0.29) is 11.2 Å². The van der Waals surface area contributed by atoms with Crippen molar-refractivity contribution in [2.24, 2.45) is 5.41 Å². The topological polar surface area (TPSA) is 55.5 Å².